The molecule has 1 aromatic carbocycles. The number of nitrogens with zero attached hydrogens (tertiary/aromatic N) is 2. The van der Waals surface area contributed by atoms with Crippen molar-refractivity contribution in [1.82, 2.24) is 9.80 Å². The Balaban J connectivity index is 1.49. The second-order valence-corrected chi connectivity index (χ2v) is 5.94. The van der Waals surface area contributed by atoms with E-state index in [4.69, 9.17) is 9.47 Å². The van der Waals surface area contributed by atoms with Crippen LogP contribution in [0.2, 0.25) is 0 Å². The Kier molecular flexibility index (Phi) is 4.63. The summed E-state index contributed by atoms with van der Waals surface area (Å²) < 4.78 is 10.6. The molecule has 0 amide bonds. The van der Waals surface area contributed by atoms with Crippen LogP contribution < -0.4 is 9.47 Å². The molecule has 1 saturated heterocycles. The van der Waals surface area contributed by atoms with Crippen molar-refractivity contribution in [3.8, 4) is 11.5 Å². The van der Waals surface area contributed by atoms with Crippen molar-refractivity contribution in [2.45, 2.75) is 18.9 Å². The van der Waals surface area contributed by atoms with Crippen molar-refractivity contribution in [1.29, 1.82) is 0 Å². The van der Waals surface area contributed by atoms with Gasteiger partial charge in [0, 0.05) is 19.6 Å². The van der Waals surface area contributed by atoms with Crippen LogP contribution in [0.3, 0.4) is 0 Å². The number of hydrogen-bond acceptors (Lipinski definition) is 5. The summed E-state index contributed by atoms with van der Waals surface area (Å²) in [6.45, 7) is 5.42. The van der Waals surface area contributed by atoms with Crippen molar-refractivity contribution in [3.05, 3.63) is 23.8 Å². The van der Waals surface area contributed by atoms with Crippen LogP contribution in [0.15, 0.2) is 18.2 Å². The van der Waals surface area contributed by atoms with Crippen molar-refractivity contribution in [2.24, 2.45) is 0 Å². The molecule has 1 aromatic rings. The summed E-state index contributed by atoms with van der Waals surface area (Å²) in [4.78, 5) is 4.68. The fourth-order valence-electron chi connectivity index (χ4n) is 2.93. The first-order valence-corrected chi connectivity index (χ1v) is 7.71. The average Bonchev–Trinajstić information content (AvgIpc) is 3.15. The molecule has 116 valence electrons. The van der Waals surface area contributed by atoms with Crippen LogP contribution in [0, 0.1) is 0 Å². The Morgan fingerprint density at radius 1 is 1.24 bits per heavy atom. The smallest absolute Gasteiger partial charge is 0.231 e. The molecular weight excluding hydrogens is 268 g/mol. The minimum atomic E-state index is -0.497. The highest BCUT2D eigenvalue weighted by Gasteiger charge is 2.18. The predicted molar refractivity (Wildman–Crippen MR) is 80.7 cm³/mol. The van der Waals surface area contributed by atoms with Gasteiger partial charge in [-0.25, -0.2) is 0 Å². The summed E-state index contributed by atoms with van der Waals surface area (Å²) in [5.74, 6) is 1.49. The van der Waals surface area contributed by atoms with Gasteiger partial charge in [0.25, 0.3) is 0 Å². The van der Waals surface area contributed by atoms with Gasteiger partial charge in [-0.1, -0.05) is 6.07 Å². The van der Waals surface area contributed by atoms with E-state index in [0.29, 0.717) is 6.54 Å². The van der Waals surface area contributed by atoms with E-state index in [9.17, 15) is 5.11 Å². The molecule has 0 bridgehead atoms. The first-order chi connectivity index (χ1) is 10.2. The van der Waals surface area contributed by atoms with E-state index >= 15 is 0 Å². The minimum Gasteiger partial charge on any atom is -0.454 e. The molecule has 2 aliphatic rings. The van der Waals surface area contributed by atoms with Crippen LogP contribution in [0.5, 0.6) is 11.5 Å². The maximum Gasteiger partial charge on any atom is 0.231 e. The van der Waals surface area contributed by atoms with E-state index in [0.717, 1.165) is 30.2 Å². The van der Waals surface area contributed by atoms with E-state index in [2.05, 4.69) is 16.8 Å². The Hall–Kier alpha value is -1.30. The molecule has 3 rings (SSSR count). The predicted octanol–water partition coefficient (Wildman–Crippen LogP) is 1.48. The molecule has 1 unspecified atom stereocenters. The van der Waals surface area contributed by atoms with Gasteiger partial charge in [-0.2, -0.15) is 0 Å². The molecular formula is C16H24N2O3. The summed E-state index contributed by atoms with van der Waals surface area (Å²) in [7, 11) is 2.06. The third-order valence-corrected chi connectivity index (χ3v) is 4.26. The molecule has 1 N–H and O–H groups in total. The Labute approximate surface area is 126 Å². The zero-order valence-electron chi connectivity index (χ0n) is 12.6. The van der Waals surface area contributed by atoms with Crippen LogP contribution in [0.25, 0.3) is 0 Å². The standard InChI is InChI=1S/C16H24N2O3/c1-17(8-9-18-6-2-3-7-18)11-14(19)13-4-5-15-16(10-13)21-12-20-15/h4-5,10,14,19H,2-3,6-9,11-12H2,1H3. The fraction of sp³-hybridized carbons (Fsp3) is 0.625. The summed E-state index contributed by atoms with van der Waals surface area (Å²) in [5, 5.41) is 10.4. The van der Waals surface area contributed by atoms with Gasteiger partial charge in [-0.05, 0) is 50.7 Å². The quantitative estimate of drug-likeness (QED) is 0.860. The van der Waals surface area contributed by atoms with E-state index in [1.54, 1.807) is 0 Å². The molecule has 1 atom stereocenters. The lowest BCUT2D eigenvalue weighted by Crippen LogP contribution is -2.33. The van der Waals surface area contributed by atoms with Crippen molar-refractivity contribution in [2.75, 3.05) is 46.6 Å². The summed E-state index contributed by atoms with van der Waals surface area (Å²) in [5.41, 5.74) is 0.882. The monoisotopic (exact) mass is 292 g/mol. The Morgan fingerprint density at radius 3 is 2.81 bits per heavy atom. The lowest BCUT2D eigenvalue weighted by Gasteiger charge is -2.23. The highest BCUT2D eigenvalue weighted by atomic mass is 16.7. The maximum absolute atomic E-state index is 10.4. The lowest BCUT2D eigenvalue weighted by atomic mass is 10.1. The molecule has 2 heterocycles. The number of rotatable bonds is 6. The SMILES string of the molecule is CN(CCN1CCCC1)CC(O)c1ccc2c(c1)OCO2. The zero-order chi connectivity index (χ0) is 14.7. The summed E-state index contributed by atoms with van der Waals surface area (Å²) >= 11 is 0. The first kappa shape index (κ1) is 14.6. The highest BCUT2D eigenvalue weighted by molar-refractivity contribution is 5.45. The molecule has 0 saturated carbocycles. The molecule has 5 nitrogen and oxygen atoms in total. The topological polar surface area (TPSA) is 45.2 Å². The number of aliphatic hydroxyl groups excluding tert-OH is 1. The van der Waals surface area contributed by atoms with Gasteiger partial charge in [0.2, 0.25) is 6.79 Å². The number of hydrogen-bond donors (Lipinski definition) is 1. The normalized spacial score (nSPS) is 19.4. The molecule has 0 aromatic heterocycles. The van der Waals surface area contributed by atoms with Crippen LogP contribution in [0.1, 0.15) is 24.5 Å². The minimum absolute atomic E-state index is 0.268. The highest BCUT2D eigenvalue weighted by Crippen LogP contribution is 2.34. The fourth-order valence-corrected chi connectivity index (χ4v) is 2.93. The number of likely N-dealkylation sites (N-methyl/N-ethyl adjacent to an activating group) is 1. The number of likely N-dealkylation sites (tertiary alicyclic amines) is 1. The number of fused-ring (bicyclic) bond motifs is 1. The molecule has 1 fully saturated rings. The van der Waals surface area contributed by atoms with Gasteiger partial charge >= 0.3 is 0 Å². The van der Waals surface area contributed by atoms with Crippen LogP contribution >= 0.6 is 0 Å². The van der Waals surface area contributed by atoms with Gasteiger partial charge < -0.3 is 24.4 Å². The molecule has 0 aliphatic carbocycles. The Bertz CT molecular complexity index is 475. The van der Waals surface area contributed by atoms with Crippen molar-refractivity contribution >= 4 is 0 Å². The summed E-state index contributed by atoms with van der Waals surface area (Å²) in [6, 6.07) is 5.65. The van der Waals surface area contributed by atoms with Gasteiger partial charge in [0.05, 0.1) is 6.10 Å². The largest absolute Gasteiger partial charge is 0.454 e. The Morgan fingerprint density at radius 2 is 2.00 bits per heavy atom. The molecule has 2 aliphatic heterocycles. The van der Waals surface area contributed by atoms with Gasteiger partial charge in [-0.15, -0.1) is 0 Å². The van der Waals surface area contributed by atoms with Crippen molar-refractivity contribution in [3.63, 3.8) is 0 Å². The molecule has 0 spiro atoms. The maximum atomic E-state index is 10.4. The molecule has 5 heteroatoms. The van der Waals surface area contributed by atoms with Crippen LogP contribution in [-0.2, 0) is 0 Å². The second-order valence-electron chi connectivity index (χ2n) is 5.94. The van der Waals surface area contributed by atoms with Crippen molar-refractivity contribution < 1.29 is 14.6 Å². The van der Waals surface area contributed by atoms with E-state index in [-0.39, 0.29) is 6.79 Å². The first-order valence-electron chi connectivity index (χ1n) is 7.71. The van der Waals surface area contributed by atoms with Crippen LogP contribution in [-0.4, -0.2) is 61.5 Å². The third-order valence-electron chi connectivity index (χ3n) is 4.26. The van der Waals surface area contributed by atoms with Gasteiger partial charge in [0.15, 0.2) is 11.5 Å². The zero-order valence-corrected chi connectivity index (χ0v) is 12.6. The molecule has 0 radical (unpaired) electrons. The third kappa shape index (κ3) is 3.67. The van der Waals surface area contributed by atoms with E-state index < -0.39 is 6.10 Å². The van der Waals surface area contributed by atoms with E-state index in [1.165, 1.54) is 25.9 Å². The second kappa shape index (κ2) is 6.64. The van der Waals surface area contributed by atoms with E-state index in [1.807, 2.05) is 18.2 Å². The molecule has 21 heavy (non-hydrogen) atoms. The summed E-state index contributed by atoms with van der Waals surface area (Å²) in [6.07, 6.45) is 2.15. The number of ether oxygens (including phenoxy) is 2. The van der Waals surface area contributed by atoms with Gasteiger partial charge in [-0.3, -0.25) is 0 Å². The number of aliphatic hydroxyl groups is 1. The lowest BCUT2D eigenvalue weighted by molar-refractivity contribution is 0.121. The average molecular weight is 292 g/mol. The van der Waals surface area contributed by atoms with Crippen LogP contribution in [0.4, 0.5) is 0 Å². The number of benzene rings is 1. The van der Waals surface area contributed by atoms with Gasteiger partial charge in [0.1, 0.15) is 0 Å².